The van der Waals surface area contributed by atoms with Crippen LogP contribution in [-0.2, 0) is 25.9 Å². The van der Waals surface area contributed by atoms with Crippen molar-refractivity contribution in [1.82, 2.24) is 20.3 Å². The Morgan fingerprint density at radius 1 is 0.786 bits per heavy atom. The third kappa shape index (κ3) is 5.29. The average Bonchev–Trinajstić information content (AvgIpc) is 3.44. The molecule has 7 rings (SSSR count). The first-order valence-electron chi connectivity index (χ1n) is 14.7. The van der Waals surface area contributed by atoms with Crippen LogP contribution in [0.3, 0.4) is 0 Å². The van der Waals surface area contributed by atoms with Gasteiger partial charge in [-0.1, -0.05) is 60.7 Å². The Labute approximate surface area is 246 Å². The van der Waals surface area contributed by atoms with E-state index in [1.54, 1.807) is 0 Å². The fourth-order valence-corrected chi connectivity index (χ4v) is 6.38. The fraction of sp³-hybridized carbons (Fsp3) is 0.194. The Bertz CT molecular complexity index is 1720. The molecule has 0 saturated heterocycles. The Hall–Kier alpha value is -4.81. The Morgan fingerprint density at radius 3 is 2.48 bits per heavy atom. The number of anilines is 1. The van der Waals surface area contributed by atoms with E-state index in [0.717, 1.165) is 55.7 Å². The highest BCUT2D eigenvalue weighted by atomic mass is 16.2. The maximum atomic E-state index is 12.8. The number of pyridine rings is 2. The molecule has 42 heavy (non-hydrogen) atoms. The monoisotopic (exact) mass is 551 g/mol. The van der Waals surface area contributed by atoms with Crippen molar-refractivity contribution in [3.63, 3.8) is 0 Å². The first-order valence-corrected chi connectivity index (χ1v) is 14.7. The van der Waals surface area contributed by atoms with Crippen molar-refractivity contribution < 1.29 is 4.79 Å². The fourth-order valence-electron chi connectivity index (χ4n) is 6.38. The highest BCUT2D eigenvalue weighted by Gasteiger charge is 2.30. The van der Waals surface area contributed by atoms with E-state index in [9.17, 15) is 4.79 Å². The van der Waals surface area contributed by atoms with E-state index in [1.807, 2.05) is 60.9 Å². The number of hydrogen-bond acceptors (Lipinski definition) is 5. The van der Waals surface area contributed by atoms with Crippen LogP contribution in [0.2, 0.25) is 0 Å². The molecule has 1 amide bonds. The number of nitrogens with one attached hydrogen (secondary N) is 2. The maximum absolute atomic E-state index is 12.8. The first-order chi connectivity index (χ1) is 20.7. The minimum Gasteiger partial charge on any atom is -0.298 e. The molecule has 6 nitrogen and oxygen atoms in total. The van der Waals surface area contributed by atoms with Crippen molar-refractivity contribution in [2.45, 2.75) is 44.8 Å². The lowest BCUT2D eigenvalue weighted by Gasteiger charge is -2.35. The molecule has 1 atom stereocenters. The number of nitrogens with zero attached hydrogens (tertiary/aromatic N) is 3. The van der Waals surface area contributed by atoms with Gasteiger partial charge in [0.15, 0.2) is 0 Å². The number of hydrogen-bond donors (Lipinski definition) is 2. The van der Waals surface area contributed by atoms with Gasteiger partial charge in [0.2, 0.25) is 0 Å². The minimum atomic E-state index is -0.170. The molecule has 0 radical (unpaired) electrons. The molecule has 0 fully saturated rings. The molecule has 5 aromatic rings. The van der Waals surface area contributed by atoms with E-state index in [-0.39, 0.29) is 11.9 Å². The molecule has 2 N–H and O–H groups in total. The van der Waals surface area contributed by atoms with Gasteiger partial charge in [0, 0.05) is 37.5 Å². The molecule has 2 aliphatic carbocycles. The third-order valence-corrected chi connectivity index (χ3v) is 8.47. The van der Waals surface area contributed by atoms with Crippen LogP contribution < -0.4 is 10.9 Å². The first kappa shape index (κ1) is 26.1. The highest BCUT2D eigenvalue weighted by molar-refractivity contribution is 5.94. The number of amides is 1. The van der Waals surface area contributed by atoms with E-state index in [2.05, 4.69) is 64.3 Å². The van der Waals surface area contributed by atoms with Gasteiger partial charge in [-0.05, 0) is 89.0 Å². The Morgan fingerprint density at radius 2 is 1.60 bits per heavy atom. The summed E-state index contributed by atoms with van der Waals surface area (Å²) in [6, 6.07) is 32.8. The number of carbonyl (C=O) groups is 1. The minimum absolute atomic E-state index is 0.170. The normalized spacial score (nSPS) is 15.0. The van der Waals surface area contributed by atoms with Gasteiger partial charge >= 0.3 is 0 Å². The number of rotatable bonds is 8. The summed E-state index contributed by atoms with van der Waals surface area (Å²) >= 11 is 0. The molecular formula is C36H33N5O. The van der Waals surface area contributed by atoms with Crippen molar-refractivity contribution in [3.05, 3.63) is 149 Å². The molecular weight excluding hydrogens is 518 g/mol. The maximum Gasteiger partial charge on any atom is 0.269 e. The summed E-state index contributed by atoms with van der Waals surface area (Å²) in [5.74, 6) is -0.170. The smallest absolute Gasteiger partial charge is 0.269 e. The summed E-state index contributed by atoms with van der Waals surface area (Å²) < 4.78 is 0. The van der Waals surface area contributed by atoms with Crippen LogP contribution in [0, 0.1) is 0 Å². The number of carbonyl (C=O) groups excluding carboxylic acids is 1. The van der Waals surface area contributed by atoms with E-state index >= 15 is 0 Å². The summed E-state index contributed by atoms with van der Waals surface area (Å²) in [5, 5.41) is 0. The standard InChI is InChI=1S/C36H33N5O/c42-36(40-39-29-11-2-1-3-12-29)27-17-15-25(16-18-27)23-41(34-14-6-9-26-10-7-20-38-35(26)34)24-33-32-22-28-8-4-5-13-30(28)31(32)19-21-37-33/h1-5,7-8,10-13,15-21,34,39H,6,9,14,22-24H2,(H,40,42)/t34-/m0/s1. The molecule has 2 aromatic heterocycles. The molecule has 6 heteroatoms. The van der Waals surface area contributed by atoms with Crippen molar-refractivity contribution in [3.8, 4) is 11.1 Å². The van der Waals surface area contributed by atoms with Crippen LogP contribution >= 0.6 is 0 Å². The van der Waals surface area contributed by atoms with Gasteiger partial charge < -0.3 is 0 Å². The summed E-state index contributed by atoms with van der Waals surface area (Å²) in [5.41, 5.74) is 17.3. The number of fused-ring (bicyclic) bond motifs is 4. The van der Waals surface area contributed by atoms with E-state index in [0.29, 0.717) is 5.56 Å². The van der Waals surface area contributed by atoms with Gasteiger partial charge in [-0.2, -0.15) is 0 Å². The predicted molar refractivity (Wildman–Crippen MR) is 166 cm³/mol. The zero-order valence-electron chi connectivity index (χ0n) is 23.5. The van der Waals surface area contributed by atoms with Gasteiger partial charge in [-0.15, -0.1) is 0 Å². The molecule has 0 aliphatic heterocycles. The second-order valence-corrected chi connectivity index (χ2v) is 11.1. The van der Waals surface area contributed by atoms with Gasteiger partial charge in [0.1, 0.15) is 0 Å². The predicted octanol–water partition coefficient (Wildman–Crippen LogP) is 6.88. The van der Waals surface area contributed by atoms with Crippen LogP contribution in [0.1, 0.15) is 62.9 Å². The Balaban J connectivity index is 1.15. The van der Waals surface area contributed by atoms with E-state index in [1.165, 1.54) is 33.5 Å². The molecule has 0 saturated carbocycles. The Kier molecular flexibility index (Phi) is 7.20. The summed E-state index contributed by atoms with van der Waals surface area (Å²) in [4.78, 5) is 25.1. The third-order valence-electron chi connectivity index (χ3n) is 8.47. The molecule has 2 heterocycles. The molecule has 0 unspecified atom stereocenters. The molecule has 208 valence electrons. The summed E-state index contributed by atoms with van der Waals surface area (Å²) in [6.45, 7) is 1.48. The second-order valence-electron chi connectivity index (χ2n) is 11.1. The topological polar surface area (TPSA) is 70.2 Å². The highest BCUT2D eigenvalue weighted by Crippen LogP contribution is 2.39. The van der Waals surface area contributed by atoms with Crippen LogP contribution in [0.15, 0.2) is 109 Å². The number of aromatic nitrogens is 2. The van der Waals surface area contributed by atoms with Crippen LogP contribution in [0.4, 0.5) is 5.69 Å². The van der Waals surface area contributed by atoms with Crippen molar-refractivity contribution in [1.29, 1.82) is 0 Å². The van der Waals surface area contributed by atoms with Gasteiger partial charge in [-0.25, -0.2) is 0 Å². The van der Waals surface area contributed by atoms with E-state index < -0.39 is 0 Å². The lowest BCUT2D eigenvalue weighted by Crippen LogP contribution is -2.32. The number of aryl methyl sites for hydroxylation is 1. The molecule has 0 spiro atoms. The van der Waals surface area contributed by atoms with Crippen LogP contribution in [-0.4, -0.2) is 20.8 Å². The summed E-state index contributed by atoms with van der Waals surface area (Å²) in [6.07, 6.45) is 8.06. The molecule has 0 bridgehead atoms. The number of para-hydroxylation sites is 1. The van der Waals surface area contributed by atoms with Crippen LogP contribution in [0.25, 0.3) is 11.1 Å². The number of hydrazine groups is 1. The SMILES string of the molecule is O=C(NNc1ccccc1)c1ccc(CN(Cc2nccc3c2Cc2ccccc2-3)[C@H]2CCCc3cccnc32)cc1. The lowest BCUT2D eigenvalue weighted by atomic mass is 9.90. The second kappa shape index (κ2) is 11.6. The lowest BCUT2D eigenvalue weighted by molar-refractivity contribution is 0.0962. The van der Waals surface area contributed by atoms with Gasteiger partial charge in [-0.3, -0.25) is 30.5 Å². The van der Waals surface area contributed by atoms with Crippen molar-refractivity contribution >= 4 is 11.6 Å². The average molecular weight is 552 g/mol. The summed E-state index contributed by atoms with van der Waals surface area (Å²) in [7, 11) is 0. The number of benzene rings is 3. The molecule has 2 aliphatic rings. The van der Waals surface area contributed by atoms with Crippen molar-refractivity contribution in [2.24, 2.45) is 0 Å². The zero-order chi connectivity index (χ0) is 28.3. The van der Waals surface area contributed by atoms with E-state index in [4.69, 9.17) is 9.97 Å². The van der Waals surface area contributed by atoms with Gasteiger partial charge in [0.25, 0.3) is 5.91 Å². The zero-order valence-corrected chi connectivity index (χ0v) is 23.5. The van der Waals surface area contributed by atoms with Gasteiger partial charge in [0.05, 0.1) is 23.1 Å². The molecule has 3 aromatic carbocycles. The quantitative estimate of drug-likeness (QED) is 0.202. The van der Waals surface area contributed by atoms with Crippen LogP contribution in [0.5, 0.6) is 0 Å². The van der Waals surface area contributed by atoms with Crippen molar-refractivity contribution in [2.75, 3.05) is 5.43 Å². The largest absolute Gasteiger partial charge is 0.298 e.